The van der Waals surface area contributed by atoms with E-state index < -0.39 is 0 Å². The van der Waals surface area contributed by atoms with E-state index in [0.29, 0.717) is 6.42 Å². The molecule has 0 aliphatic carbocycles. The standard InChI is InChI=1S/C7H12O/c1-3-4-5-6-7(2)8/h3-5,7-8H,1,6H2,2H3/b5-4+. The second-order valence-corrected chi connectivity index (χ2v) is 1.75. The van der Waals surface area contributed by atoms with Gasteiger partial charge in [0.2, 0.25) is 0 Å². The minimum Gasteiger partial charge on any atom is -0.393 e. The summed E-state index contributed by atoms with van der Waals surface area (Å²) < 4.78 is 0. The summed E-state index contributed by atoms with van der Waals surface area (Å²) in [6.45, 7) is 5.25. The van der Waals surface area contributed by atoms with E-state index in [2.05, 4.69) is 6.58 Å². The van der Waals surface area contributed by atoms with E-state index >= 15 is 0 Å². The molecule has 1 atom stereocenters. The number of hydrogen-bond donors (Lipinski definition) is 1. The molecule has 1 N–H and O–H groups in total. The normalized spacial score (nSPS) is 14.2. The molecule has 0 saturated carbocycles. The molecule has 0 amide bonds. The average molecular weight is 112 g/mol. The Labute approximate surface area is 50.3 Å². The number of rotatable bonds is 3. The SMILES string of the molecule is C=C/C=C/CC(C)O. The van der Waals surface area contributed by atoms with E-state index in [1.165, 1.54) is 0 Å². The molecule has 0 saturated heterocycles. The van der Waals surface area contributed by atoms with Gasteiger partial charge < -0.3 is 5.11 Å². The van der Waals surface area contributed by atoms with E-state index in [4.69, 9.17) is 5.11 Å². The summed E-state index contributed by atoms with van der Waals surface area (Å²) in [5, 5.41) is 8.69. The Morgan fingerprint density at radius 3 is 2.75 bits per heavy atom. The number of aliphatic hydroxyl groups excluding tert-OH is 1. The van der Waals surface area contributed by atoms with E-state index in [1.807, 2.05) is 12.2 Å². The third-order valence-corrected chi connectivity index (χ3v) is 0.749. The highest BCUT2D eigenvalue weighted by Gasteiger charge is 1.85. The van der Waals surface area contributed by atoms with Gasteiger partial charge in [-0.3, -0.25) is 0 Å². The van der Waals surface area contributed by atoms with Crippen LogP contribution in [0.2, 0.25) is 0 Å². The fraction of sp³-hybridized carbons (Fsp3) is 0.429. The molecule has 0 aromatic carbocycles. The maximum atomic E-state index is 8.69. The van der Waals surface area contributed by atoms with Crippen LogP contribution in [0, 0.1) is 0 Å². The maximum absolute atomic E-state index is 8.69. The molecular weight excluding hydrogens is 100 g/mol. The monoisotopic (exact) mass is 112 g/mol. The Morgan fingerprint density at radius 1 is 1.75 bits per heavy atom. The molecule has 0 aromatic heterocycles. The van der Waals surface area contributed by atoms with E-state index in [1.54, 1.807) is 13.0 Å². The van der Waals surface area contributed by atoms with Crippen molar-refractivity contribution in [3.8, 4) is 0 Å². The van der Waals surface area contributed by atoms with Gasteiger partial charge in [-0.2, -0.15) is 0 Å². The van der Waals surface area contributed by atoms with Crippen LogP contribution in [-0.4, -0.2) is 11.2 Å². The van der Waals surface area contributed by atoms with Crippen LogP contribution in [0.15, 0.2) is 24.8 Å². The highest BCUT2D eigenvalue weighted by Crippen LogP contribution is 1.89. The van der Waals surface area contributed by atoms with Crippen LogP contribution >= 0.6 is 0 Å². The molecule has 0 rings (SSSR count). The second-order valence-electron chi connectivity index (χ2n) is 1.75. The molecule has 0 heterocycles. The van der Waals surface area contributed by atoms with Crippen LogP contribution in [0.5, 0.6) is 0 Å². The van der Waals surface area contributed by atoms with Crippen molar-refractivity contribution in [1.82, 2.24) is 0 Å². The molecule has 0 aromatic rings. The quantitative estimate of drug-likeness (QED) is 0.548. The van der Waals surface area contributed by atoms with Crippen LogP contribution < -0.4 is 0 Å². The lowest BCUT2D eigenvalue weighted by molar-refractivity contribution is 0.198. The first-order valence-corrected chi connectivity index (χ1v) is 2.73. The highest BCUT2D eigenvalue weighted by molar-refractivity contribution is 4.97. The first-order chi connectivity index (χ1) is 3.77. The molecule has 1 heteroatoms. The molecule has 0 radical (unpaired) electrons. The third-order valence-electron chi connectivity index (χ3n) is 0.749. The minimum atomic E-state index is -0.230. The third kappa shape index (κ3) is 5.44. The van der Waals surface area contributed by atoms with Gasteiger partial charge in [0.15, 0.2) is 0 Å². The Hall–Kier alpha value is -0.560. The molecule has 0 spiro atoms. The van der Waals surface area contributed by atoms with Gasteiger partial charge in [0.1, 0.15) is 0 Å². The van der Waals surface area contributed by atoms with Gasteiger partial charge in [-0.15, -0.1) is 0 Å². The largest absolute Gasteiger partial charge is 0.393 e. The first-order valence-electron chi connectivity index (χ1n) is 2.73. The van der Waals surface area contributed by atoms with Crippen molar-refractivity contribution in [2.24, 2.45) is 0 Å². The summed E-state index contributed by atoms with van der Waals surface area (Å²) in [5.74, 6) is 0. The van der Waals surface area contributed by atoms with E-state index in [0.717, 1.165) is 0 Å². The van der Waals surface area contributed by atoms with E-state index in [9.17, 15) is 0 Å². The maximum Gasteiger partial charge on any atom is 0.0546 e. The fourth-order valence-corrected chi connectivity index (χ4v) is 0.372. The summed E-state index contributed by atoms with van der Waals surface area (Å²) in [5.41, 5.74) is 0. The van der Waals surface area contributed by atoms with Crippen molar-refractivity contribution >= 4 is 0 Å². The van der Waals surface area contributed by atoms with E-state index in [-0.39, 0.29) is 6.10 Å². The highest BCUT2D eigenvalue weighted by atomic mass is 16.3. The zero-order valence-electron chi connectivity index (χ0n) is 5.17. The lowest BCUT2D eigenvalue weighted by atomic mass is 10.3. The fourth-order valence-electron chi connectivity index (χ4n) is 0.372. The molecule has 0 bridgehead atoms. The molecule has 8 heavy (non-hydrogen) atoms. The predicted molar refractivity (Wildman–Crippen MR) is 35.6 cm³/mol. The van der Waals surface area contributed by atoms with Gasteiger partial charge in [0.25, 0.3) is 0 Å². The van der Waals surface area contributed by atoms with Crippen LogP contribution in [-0.2, 0) is 0 Å². The smallest absolute Gasteiger partial charge is 0.0546 e. The van der Waals surface area contributed by atoms with Crippen molar-refractivity contribution in [1.29, 1.82) is 0 Å². The summed E-state index contributed by atoms with van der Waals surface area (Å²) in [4.78, 5) is 0. The van der Waals surface area contributed by atoms with Crippen molar-refractivity contribution in [3.05, 3.63) is 24.8 Å². The molecule has 1 unspecified atom stereocenters. The summed E-state index contributed by atoms with van der Waals surface area (Å²) in [7, 11) is 0. The van der Waals surface area contributed by atoms with Gasteiger partial charge in [-0.05, 0) is 13.3 Å². The topological polar surface area (TPSA) is 20.2 Å². The van der Waals surface area contributed by atoms with Gasteiger partial charge in [0.05, 0.1) is 6.10 Å². The second kappa shape index (κ2) is 4.60. The zero-order chi connectivity index (χ0) is 6.41. The van der Waals surface area contributed by atoms with Crippen LogP contribution in [0.25, 0.3) is 0 Å². The molecule has 0 aliphatic rings. The van der Waals surface area contributed by atoms with Crippen LogP contribution in [0.1, 0.15) is 13.3 Å². The number of hydrogen-bond acceptors (Lipinski definition) is 1. The predicted octanol–water partition coefficient (Wildman–Crippen LogP) is 1.50. The molecular formula is C7H12O. The van der Waals surface area contributed by atoms with Gasteiger partial charge in [0, 0.05) is 0 Å². The Bertz CT molecular complexity index is 82.4. The lowest BCUT2D eigenvalue weighted by Gasteiger charge is -1.93. The number of aliphatic hydroxyl groups is 1. The molecule has 46 valence electrons. The van der Waals surface area contributed by atoms with Crippen LogP contribution in [0.3, 0.4) is 0 Å². The summed E-state index contributed by atoms with van der Waals surface area (Å²) >= 11 is 0. The van der Waals surface area contributed by atoms with Gasteiger partial charge in [-0.1, -0.05) is 24.8 Å². The van der Waals surface area contributed by atoms with Crippen molar-refractivity contribution in [2.45, 2.75) is 19.4 Å². The lowest BCUT2D eigenvalue weighted by Crippen LogP contribution is -1.94. The van der Waals surface area contributed by atoms with Crippen molar-refractivity contribution in [3.63, 3.8) is 0 Å². The summed E-state index contributed by atoms with van der Waals surface area (Å²) in [6.07, 6.45) is 5.89. The van der Waals surface area contributed by atoms with Crippen LogP contribution in [0.4, 0.5) is 0 Å². The first kappa shape index (κ1) is 7.44. The molecule has 0 fully saturated rings. The van der Waals surface area contributed by atoms with Crippen molar-refractivity contribution in [2.75, 3.05) is 0 Å². The zero-order valence-corrected chi connectivity index (χ0v) is 5.17. The minimum absolute atomic E-state index is 0.230. The molecule has 1 nitrogen and oxygen atoms in total. The van der Waals surface area contributed by atoms with Crippen molar-refractivity contribution < 1.29 is 5.11 Å². The number of allylic oxidation sites excluding steroid dienone is 2. The van der Waals surface area contributed by atoms with Gasteiger partial charge >= 0.3 is 0 Å². The Morgan fingerprint density at radius 2 is 2.38 bits per heavy atom. The summed E-state index contributed by atoms with van der Waals surface area (Å²) in [6, 6.07) is 0. The van der Waals surface area contributed by atoms with Gasteiger partial charge in [-0.25, -0.2) is 0 Å². The Balaban J connectivity index is 3.15. The average Bonchev–Trinajstić information content (AvgIpc) is 1.66. The Kier molecular flexibility index (Phi) is 4.27. The molecule has 0 aliphatic heterocycles.